The number of anilines is 3. The largest absolute Gasteiger partial charge is 0.309 e. The molecule has 0 atom stereocenters. The van der Waals surface area contributed by atoms with E-state index in [2.05, 4.69) is 193 Å². The highest BCUT2D eigenvalue weighted by molar-refractivity contribution is 7.25. The van der Waals surface area contributed by atoms with Gasteiger partial charge in [-0.15, -0.1) is 11.3 Å². The predicted octanol–water partition coefficient (Wildman–Crippen LogP) is 13.7. The lowest BCUT2D eigenvalue weighted by atomic mass is 9.95. The van der Waals surface area contributed by atoms with Crippen molar-refractivity contribution in [2.45, 2.75) is 0 Å². The zero-order chi connectivity index (χ0) is 31.9. The number of fused-ring (bicyclic) bond motifs is 4. The van der Waals surface area contributed by atoms with Gasteiger partial charge < -0.3 is 4.90 Å². The van der Waals surface area contributed by atoms with E-state index in [1.165, 1.54) is 64.3 Å². The van der Waals surface area contributed by atoms with E-state index in [0.29, 0.717) is 0 Å². The maximum atomic E-state index is 2.48. The monoisotopic (exact) mass is 629 g/mol. The van der Waals surface area contributed by atoms with Crippen LogP contribution in [0.1, 0.15) is 0 Å². The molecule has 0 radical (unpaired) electrons. The molecule has 0 saturated carbocycles. The van der Waals surface area contributed by atoms with Crippen LogP contribution >= 0.6 is 11.3 Å². The van der Waals surface area contributed by atoms with Crippen molar-refractivity contribution < 1.29 is 0 Å². The van der Waals surface area contributed by atoms with Crippen LogP contribution in [0.5, 0.6) is 0 Å². The first-order valence-electron chi connectivity index (χ1n) is 16.4. The standard InChI is InChI=1S/C46H31NS/c1-2-14-32(15-3-1)33-28-30-35(31-29-33)37-19-6-9-23-41(37)47(42-25-12-17-34-16-4-5-18-36(34)42)43-24-10-7-20-38(43)39-22-13-27-45-46(39)40-21-8-11-26-44(40)48-45/h1-31H. The van der Waals surface area contributed by atoms with Crippen LogP contribution in [0.4, 0.5) is 17.1 Å². The maximum absolute atomic E-state index is 2.48. The van der Waals surface area contributed by atoms with E-state index in [-0.39, 0.29) is 0 Å². The summed E-state index contributed by atoms with van der Waals surface area (Å²) in [7, 11) is 0. The van der Waals surface area contributed by atoms with Gasteiger partial charge in [0.25, 0.3) is 0 Å². The van der Waals surface area contributed by atoms with E-state index in [1.54, 1.807) is 0 Å². The Bertz CT molecular complexity index is 2560. The smallest absolute Gasteiger partial charge is 0.0540 e. The van der Waals surface area contributed by atoms with Crippen LogP contribution in [0.3, 0.4) is 0 Å². The molecule has 48 heavy (non-hydrogen) atoms. The highest BCUT2D eigenvalue weighted by Crippen LogP contribution is 2.49. The molecule has 0 saturated heterocycles. The minimum absolute atomic E-state index is 1.14. The molecule has 9 rings (SSSR count). The van der Waals surface area contributed by atoms with Crippen molar-refractivity contribution in [2.75, 3.05) is 4.90 Å². The molecule has 9 aromatic rings. The number of nitrogens with zero attached hydrogens (tertiary/aromatic N) is 1. The second-order valence-corrected chi connectivity index (χ2v) is 13.2. The molecule has 0 spiro atoms. The predicted molar refractivity (Wildman–Crippen MR) is 208 cm³/mol. The van der Waals surface area contributed by atoms with Gasteiger partial charge in [-0.3, -0.25) is 0 Å². The van der Waals surface area contributed by atoms with Crippen molar-refractivity contribution in [3.8, 4) is 33.4 Å². The molecular weight excluding hydrogens is 599 g/mol. The summed E-state index contributed by atoms with van der Waals surface area (Å²) >= 11 is 1.86. The van der Waals surface area contributed by atoms with Crippen LogP contribution in [-0.4, -0.2) is 0 Å². The SMILES string of the molecule is c1ccc(-c2ccc(-c3ccccc3N(c3ccccc3-c3cccc4sc5ccccc5c34)c3cccc4ccccc34)cc2)cc1. The summed E-state index contributed by atoms with van der Waals surface area (Å²) in [6.45, 7) is 0. The Balaban J connectivity index is 1.30. The minimum atomic E-state index is 1.14. The molecular formula is C46H31NS. The average Bonchev–Trinajstić information content (AvgIpc) is 3.55. The van der Waals surface area contributed by atoms with Gasteiger partial charge in [0.2, 0.25) is 0 Å². The molecule has 2 heteroatoms. The summed E-state index contributed by atoms with van der Waals surface area (Å²) in [6, 6.07) is 68.2. The zero-order valence-electron chi connectivity index (χ0n) is 26.3. The number of thiophene rings is 1. The van der Waals surface area contributed by atoms with Crippen LogP contribution in [0.15, 0.2) is 188 Å². The van der Waals surface area contributed by atoms with E-state index < -0.39 is 0 Å². The quantitative estimate of drug-likeness (QED) is 0.177. The third kappa shape index (κ3) is 4.86. The third-order valence-electron chi connectivity index (χ3n) is 9.29. The van der Waals surface area contributed by atoms with Crippen molar-refractivity contribution in [3.05, 3.63) is 188 Å². The van der Waals surface area contributed by atoms with Gasteiger partial charge in [0.15, 0.2) is 0 Å². The van der Waals surface area contributed by atoms with Gasteiger partial charge in [0.1, 0.15) is 0 Å². The first-order chi connectivity index (χ1) is 23.8. The first-order valence-corrected chi connectivity index (χ1v) is 17.2. The van der Waals surface area contributed by atoms with Crippen LogP contribution in [0.2, 0.25) is 0 Å². The Morgan fingerprint density at radius 1 is 0.312 bits per heavy atom. The van der Waals surface area contributed by atoms with Crippen LogP contribution in [0.25, 0.3) is 64.3 Å². The Labute approximate surface area is 284 Å². The maximum Gasteiger partial charge on any atom is 0.0540 e. The number of hydrogen-bond acceptors (Lipinski definition) is 2. The number of benzene rings is 8. The molecule has 0 N–H and O–H groups in total. The van der Waals surface area contributed by atoms with Gasteiger partial charge in [0, 0.05) is 36.7 Å². The van der Waals surface area contributed by atoms with Gasteiger partial charge in [-0.05, 0) is 58.0 Å². The summed E-state index contributed by atoms with van der Waals surface area (Å²) < 4.78 is 2.62. The third-order valence-corrected chi connectivity index (χ3v) is 10.4. The highest BCUT2D eigenvalue weighted by Gasteiger charge is 2.23. The van der Waals surface area contributed by atoms with Crippen LogP contribution < -0.4 is 4.90 Å². The highest BCUT2D eigenvalue weighted by atomic mass is 32.1. The summed E-state index contributed by atoms with van der Waals surface area (Å²) in [4.78, 5) is 2.48. The van der Waals surface area contributed by atoms with Gasteiger partial charge in [-0.1, -0.05) is 158 Å². The van der Waals surface area contributed by atoms with Gasteiger partial charge in [-0.25, -0.2) is 0 Å². The Hall–Kier alpha value is -5.96. The molecule has 1 aromatic heterocycles. The second-order valence-electron chi connectivity index (χ2n) is 12.1. The molecule has 0 aliphatic carbocycles. The lowest BCUT2D eigenvalue weighted by molar-refractivity contribution is 1.30. The molecule has 0 fully saturated rings. The molecule has 226 valence electrons. The normalized spacial score (nSPS) is 11.3. The Kier molecular flexibility index (Phi) is 7.07. The molecule has 0 bridgehead atoms. The number of para-hydroxylation sites is 2. The molecule has 1 heterocycles. The minimum Gasteiger partial charge on any atom is -0.309 e. The molecule has 0 unspecified atom stereocenters. The van der Waals surface area contributed by atoms with E-state index in [1.807, 2.05) is 11.3 Å². The second kappa shape index (κ2) is 12.0. The van der Waals surface area contributed by atoms with Gasteiger partial charge in [-0.2, -0.15) is 0 Å². The van der Waals surface area contributed by atoms with E-state index in [0.717, 1.165) is 17.1 Å². The van der Waals surface area contributed by atoms with E-state index >= 15 is 0 Å². The molecule has 0 amide bonds. The van der Waals surface area contributed by atoms with Gasteiger partial charge >= 0.3 is 0 Å². The van der Waals surface area contributed by atoms with Crippen molar-refractivity contribution >= 4 is 59.3 Å². The summed E-state index contributed by atoms with van der Waals surface area (Å²) in [5, 5.41) is 5.04. The zero-order valence-corrected chi connectivity index (χ0v) is 27.1. The first kappa shape index (κ1) is 28.3. The summed E-state index contributed by atoms with van der Waals surface area (Å²) in [5.41, 5.74) is 10.7. The van der Waals surface area contributed by atoms with Crippen molar-refractivity contribution in [3.63, 3.8) is 0 Å². The fourth-order valence-corrected chi connectivity index (χ4v) is 8.21. The summed E-state index contributed by atoms with van der Waals surface area (Å²) in [6.07, 6.45) is 0. The van der Waals surface area contributed by atoms with Crippen molar-refractivity contribution in [1.29, 1.82) is 0 Å². The van der Waals surface area contributed by atoms with E-state index in [4.69, 9.17) is 0 Å². The van der Waals surface area contributed by atoms with Gasteiger partial charge in [0.05, 0.1) is 17.1 Å². The fraction of sp³-hybridized carbons (Fsp3) is 0. The fourth-order valence-electron chi connectivity index (χ4n) is 7.07. The van der Waals surface area contributed by atoms with Crippen molar-refractivity contribution in [2.24, 2.45) is 0 Å². The molecule has 0 aliphatic heterocycles. The summed E-state index contributed by atoms with van der Waals surface area (Å²) in [5.74, 6) is 0. The number of rotatable bonds is 6. The lowest BCUT2D eigenvalue weighted by Gasteiger charge is -2.31. The Morgan fingerprint density at radius 2 is 0.833 bits per heavy atom. The van der Waals surface area contributed by atoms with E-state index in [9.17, 15) is 0 Å². The number of hydrogen-bond donors (Lipinski definition) is 0. The average molecular weight is 630 g/mol. The molecule has 0 aliphatic rings. The van der Waals surface area contributed by atoms with Crippen LogP contribution in [0, 0.1) is 0 Å². The molecule has 8 aromatic carbocycles. The van der Waals surface area contributed by atoms with Crippen molar-refractivity contribution in [1.82, 2.24) is 0 Å². The van der Waals surface area contributed by atoms with Crippen LogP contribution in [-0.2, 0) is 0 Å². The topological polar surface area (TPSA) is 3.24 Å². The molecule has 1 nitrogen and oxygen atoms in total. The lowest BCUT2D eigenvalue weighted by Crippen LogP contribution is -2.13. The Morgan fingerprint density at radius 3 is 1.67 bits per heavy atom.